The number of aromatic nitrogens is 2. The Morgan fingerprint density at radius 2 is 1.84 bits per heavy atom. The molecule has 0 atom stereocenters. The quantitative estimate of drug-likeness (QED) is 0.892. The molecule has 0 saturated carbocycles. The molecule has 0 fully saturated rings. The monoisotopic (exact) mass is 271 g/mol. The van der Waals surface area contributed by atoms with E-state index in [9.17, 15) is 18.0 Å². The third-order valence-electron chi connectivity index (χ3n) is 2.76. The second-order valence-corrected chi connectivity index (χ2v) is 4.09. The van der Waals surface area contributed by atoms with Crippen molar-refractivity contribution in [1.82, 2.24) is 9.78 Å². The van der Waals surface area contributed by atoms with Crippen LogP contribution in [0.2, 0.25) is 0 Å². The second-order valence-electron chi connectivity index (χ2n) is 4.09. The van der Waals surface area contributed by atoms with E-state index in [0.717, 1.165) is 12.1 Å². The minimum absolute atomic E-state index is 0.120. The number of nitrogens with zero attached hydrogens (tertiary/aromatic N) is 1. The fraction of sp³-hybridized carbons (Fsp3) is 0.250. The molecule has 2 aromatic rings. The molecular weight excluding hydrogens is 259 g/mol. The van der Waals surface area contributed by atoms with Gasteiger partial charge in [0.1, 0.15) is 0 Å². The molecular formula is C12H12F3N3O. The molecule has 1 heterocycles. The van der Waals surface area contributed by atoms with Crippen molar-refractivity contribution in [2.45, 2.75) is 19.3 Å². The third kappa shape index (κ3) is 2.87. The Morgan fingerprint density at radius 1 is 1.21 bits per heavy atom. The van der Waals surface area contributed by atoms with E-state index >= 15 is 0 Å². The molecule has 0 bridgehead atoms. The highest BCUT2D eigenvalue weighted by molar-refractivity contribution is 5.24. The second kappa shape index (κ2) is 4.93. The summed E-state index contributed by atoms with van der Waals surface area (Å²) in [6, 6.07) is 4.68. The van der Waals surface area contributed by atoms with Crippen LogP contribution in [-0.4, -0.2) is 9.78 Å². The number of H-pyrrole nitrogens is 1. The first-order valence-corrected chi connectivity index (χ1v) is 5.55. The zero-order valence-electron chi connectivity index (χ0n) is 9.87. The van der Waals surface area contributed by atoms with Crippen molar-refractivity contribution in [3.8, 4) is 0 Å². The van der Waals surface area contributed by atoms with Crippen molar-refractivity contribution in [2.75, 3.05) is 0 Å². The van der Waals surface area contributed by atoms with Crippen LogP contribution in [0.5, 0.6) is 0 Å². The minimum Gasteiger partial charge on any atom is -0.326 e. The Morgan fingerprint density at radius 3 is 2.32 bits per heavy atom. The van der Waals surface area contributed by atoms with Gasteiger partial charge in [0.25, 0.3) is 5.56 Å². The summed E-state index contributed by atoms with van der Waals surface area (Å²) < 4.78 is 38.4. The summed E-state index contributed by atoms with van der Waals surface area (Å²) in [6.07, 6.45) is -2.86. The largest absolute Gasteiger partial charge is 0.416 e. The van der Waals surface area contributed by atoms with Crippen molar-refractivity contribution < 1.29 is 13.2 Å². The molecule has 7 heteroatoms. The van der Waals surface area contributed by atoms with E-state index in [1.54, 1.807) is 0 Å². The van der Waals surface area contributed by atoms with Gasteiger partial charge in [-0.2, -0.15) is 13.2 Å². The predicted octanol–water partition coefficient (Wildman–Crippen LogP) is 1.70. The lowest BCUT2D eigenvalue weighted by Gasteiger charge is -2.07. The van der Waals surface area contributed by atoms with E-state index in [1.165, 1.54) is 23.0 Å². The standard InChI is InChI=1S/C12H12F3N3O/c13-12(14,15)10-3-1-8(2-4-10)7-18-11(19)9(5-16)6-17-18/h1-4,6,17H,5,7,16H2. The molecule has 102 valence electrons. The van der Waals surface area contributed by atoms with E-state index in [2.05, 4.69) is 5.10 Å². The Kier molecular flexibility index (Phi) is 3.48. The van der Waals surface area contributed by atoms with Gasteiger partial charge in [-0.3, -0.25) is 4.79 Å². The maximum absolute atomic E-state index is 12.4. The van der Waals surface area contributed by atoms with Crippen molar-refractivity contribution in [3.63, 3.8) is 0 Å². The fourth-order valence-electron chi connectivity index (χ4n) is 1.69. The van der Waals surface area contributed by atoms with Gasteiger partial charge >= 0.3 is 6.18 Å². The van der Waals surface area contributed by atoms with Gasteiger partial charge in [0, 0.05) is 18.3 Å². The van der Waals surface area contributed by atoms with Gasteiger partial charge in [-0.05, 0) is 17.7 Å². The molecule has 2 rings (SSSR count). The first-order chi connectivity index (χ1) is 8.91. The zero-order valence-corrected chi connectivity index (χ0v) is 9.87. The van der Waals surface area contributed by atoms with Gasteiger partial charge in [0.2, 0.25) is 0 Å². The average molecular weight is 271 g/mol. The maximum Gasteiger partial charge on any atom is 0.416 e. The van der Waals surface area contributed by atoms with Crippen molar-refractivity contribution in [2.24, 2.45) is 5.73 Å². The number of rotatable bonds is 3. The topological polar surface area (TPSA) is 63.8 Å². The molecule has 0 aliphatic rings. The summed E-state index contributed by atoms with van der Waals surface area (Å²) in [5.41, 5.74) is 5.43. The van der Waals surface area contributed by atoms with Crippen molar-refractivity contribution >= 4 is 0 Å². The Labute approximate surface area is 106 Å². The number of halogens is 3. The zero-order chi connectivity index (χ0) is 14.0. The maximum atomic E-state index is 12.4. The van der Waals surface area contributed by atoms with Crippen LogP contribution in [0.4, 0.5) is 13.2 Å². The lowest BCUT2D eigenvalue weighted by molar-refractivity contribution is -0.137. The van der Waals surface area contributed by atoms with Gasteiger partial charge < -0.3 is 10.8 Å². The summed E-state index contributed by atoms with van der Waals surface area (Å²) in [5, 5.41) is 2.72. The Bertz CT molecular complexity index is 610. The van der Waals surface area contributed by atoms with Gasteiger partial charge in [-0.1, -0.05) is 12.1 Å². The smallest absolute Gasteiger partial charge is 0.326 e. The molecule has 0 amide bonds. The summed E-state index contributed by atoms with van der Waals surface area (Å²) in [7, 11) is 0. The highest BCUT2D eigenvalue weighted by Crippen LogP contribution is 2.29. The number of benzene rings is 1. The number of nitrogens with one attached hydrogen (secondary N) is 1. The molecule has 4 nitrogen and oxygen atoms in total. The van der Waals surface area contributed by atoms with E-state index < -0.39 is 11.7 Å². The van der Waals surface area contributed by atoms with Crippen LogP contribution in [0.15, 0.2) is 35.3 Å². The van der Waals surface area contributed by atoms with Gasteiger partial charge in [-0.15, -0.1) is 0 Å². The molecule has 1 aromatic carbocycles. The average Bonchev–Trinajstić information content (AvgIpc) is 2.70. The minimum atomic E-state index is -4.35. The van der Waals surface area contributed by atoms with Crippen molar-refractivity contribution in [3.05, 3.63) is 57.5 Å². The molecule has 0 saturated heterocycles. The fourth-order valence-corrected chi connectivity index (χ4v) is 1.69. The molecule has 0 unspecified atom stereocenters. The highest BCUT2D eigenvalue weighted by Gasteiger charge is 2.29. The molecule has 0 spiro atoms. The highest BCUT2D eigenvalue weighted by atomic mass is 19.4. The van der Waals surface area contributed by atoms with E-state index in [0.29, 0.717) is 11.1 Å². The van der Waals surface area contributed by atoms with Crippen LogP contribution in [-0.2, 0) is 19.3 Å². The molecule has 0 aliphatic carbocycles. The number of aromatic amines is 1. The van der Waals surface area contributed by atoms with Gasteiger partial charge in [-0.25, -0.2) is 4.68 Å². The molecule has 0 aliphatic heterocycles. The first kappa shape index (κ1) is 13.4. The van der Waals surface area contributed by atoms with Crippen molar-refractivity contribution in [1.29, 1.82) is 0 Å². The molecule has 1 aromatic heterocycles. The van der Waals surface area contributed by atoms with Gasteiger partial charge in [0.15, 0.2) is 0 Å². The van der Waals surface area contributed by atoms with Crippen LogP contribution >= 0.6 is 0 Å². The third-order valence-corrected chi connectivity index (χ3v) is 2.76. The lowest BCUT2D eigenvalue weighted by Crippen LogP contribution is -2.21. The lowest BCUT2D eigenvalue weighted by atomic mass is 10.1. The van der Waals surface area contributed by atoms with Crippen LogP contribution < -0.4 is 11.3 Å². The molecule has 3 N–H and O–H groups in total. The van der Waals surface area contributed by atoms with Crippen LogP contribution in [0.1, 0.15) is 16.7 Å². The predicted molar refractivity (Wildman–Crippen MR) is 63.5 cm³/mol. The number of hydrogen-bond acceptors (Lipinski definition) is 2. The number of nitrogens with two attached hydrogens (primary N) is 1. The molecule has 0 radical (unpaired) electrons. The number of alkyl halides is 3. The number of hydrogen-bond donors (Lipinski definition) is 2. The summed E-state index contributed by atoms with van der Waals surface area (Å²) >= 11 is 0. The van der Waals surface area contributed by atoms with Gasteiger partial charge in [0.05, 0.1) is 12.1 Å². The van der Waals surface area contributed by atoms with E-state index in [4.69, 9.17) is 5.73 Å². The summed E-state index contributed by atoms with van der Waals surface area (Å²) in [6.45, 7) is 0.298. The van der Waals surface area contributed by atoms with Crippen LogP contribution in [0, 0.1) is 0 Å². The first-order valence-electron chi connectivity index (χ1n) is 5.55. The molecule has 19 heavy (non-hydrogen) atoms. The SMILES string of the molecule is NCc1c[nH]n(Cc2ccc(C(F)(F)F)cc2)c1=O. The van der Waals surface area contributed by atoms with E-state index in [-0.39, 0.29) is 18.6 Å². The summed E-state index contributed by atoms with van der Waals surface area (Å²) in [5.74, 6) is 0. The Hall–Kier alpha value is -2.02. The normalized spacial score (nSPS) is 11.8. The van der Waals surface area contributed by atoms with Crippen LogP contribution in [0.25, 0.3) is 0 Å². The van der Waals surface area contributed by atoms with E-state index in [1.807, 2.05) is 0 Å². The Balaban J connectivity index is 2.20. The van der Waals surface area contributed by atoms with Crippen LogP contribution in [0.3, 0.4) is 0 Å². The summed E-state index contributed by atoms with van der Waals surface area (Å²) in [4.78, 5) is 11.7.